The third kappa shape index (κ3) is 7.13. The Balaban J connectivity index is 0.969. The lowest BCUT2D eigenvalue weighted by atomic mass is 10.1. The van der Waals surface area contributed by atoms with Crippen molar-refractivity contribution in [1.29, 1.82) is 0 Å². The first kappa shape index (κ1) is 31.3. The summed E-state index contributed by atoms with van der Waals surface area (Å²) in [5.41, 5.74) is 6.06. The van der Waals surface area contributed by atoms with Crippen LogP contribution in [0.3, 0.4) is 0 Å². The predicted molar refractivity (Wildman–Crippen MR) is 180 cm³/mol. The Labute approximate surface area is 276 Å². The summed E-state index contributed by atoms with van der Waals surface area (Å²) in [4.78, 5) is 48.7. The van der Waals surface area contributed by atoms with Crippen LogP contribution in [-0.2, 0) is 52.6 Å². The van der Waals surface area contributed by atoms with Crippen LogP contribution in [0.25, 0.3) is 32.7 Å². The van der Waals surface area contributed by atoms with Crippen LogP contribution in [0, 0.1) is 0 Å². The molecule has 0 unspecified atom stereocenters. The molecular weight excluding hydrogens is 610 g/mol. The molecule has 0 radical (unpaired) electrons. The van der Waals surface area contributed by atoms with Crippen LogP contribution in [0.15, 0.2) is 91.4 Å². The first-order valence-corrected chi connectivity index (χ1v) is 16.3. The number of hydrogen-bond donors (Lipinski definition) is 3. The summed E-state index contributed by atoms with van der Waals surface area (Å²) in [6, 6.07) is 23.7. The minimum Gasteiger partial charge on any atom is -0.458 e. The molecule has 1 saturated heterocycles. The van der Waals surface area contributed by atoms with Gasteiger partial charge in [0.05, 0.1) is 13.0 Å². The third-order valence-corrected chi connectivity index (χ3v) is 8.93. The number of carbonyl (C=O) groups excluding carboxylic acids is 3. The van der Waals surface area contributed by atoms with E-state index in [1.54, 1.807) is 0 Å². The van der Waals surface area contributed by atoms with E-state index in [2.05, 4.69) is 15.0 Å². The topological polar surface area (TPSA) is 136 Å². The number of rotatable bonds is 12. The normalized spacial score (nSPS) is 17.9. The van der Waals surface area contributed by atoms with E-state index in [4.69, 9.17) is 18.9 Å². The van der Waals surface area contributed by atoms with E-state index < -0.39 is 36.4 Å². The summed E-state index contributed by atoms with van der Waals surface area (Å²) in [7, 11) is 0. The van der Waals surface area contributed by atoms with E-state index in [1.165, 1.54) is 0 Å². The largest absolute Gasteiger partial charge is 0.458 e. The smallest absolute Gasteiger partial charge is 0.308 e. The van der Waals surface area contributed by atoms with Gasteiger partial charge in [0, 0.05) is 70.6 Å². The highest BCUT2D eigenvalue weighted by molar-refractivity contribution is 5.85. The highest BCUT2D eigenvalue weighted by atomic mass is 16.7. The first-order chi connectivity index (χ1) is 23.5. The number of para-hydroxylation sites is 3. The monoisotopic (exact) mass is 647 g/mol. The molecule has 0 aliphatic carbocycles. The summed E-state index contributed by atoms with van der Waals surface area (Å²) >= 11 is 0. The molecule has 4 heterocycles. The Kier molecular flexibility index (Phi) is 9.24. The fraction of sp³-hybridized carbons (Fsp3) is 0.289. The summed E-state index contributed by atoms with van der Waals surface area (Å²) in [6.45, 7) is -0.0698. The van der Waals surface area contributed by atoms with Crippen LogP contribution in [0.4, 0.5) is 0 Å². The molecule has 1 fully saturated rings. The zero-order valence-corrected chi connectivity index (χ0v) is 26.4. The van der Waals surface area contributed by atoms with E-state index in [0.717, 1.165) is 49.4 Å². The number of aromatic amines is 3. The van der Waals surface area contributed by atoms with E-state index in [1.807, 2.05) is 91.4 Å². The van der Waals surface area contributed by atoms with Crippen LogP contribution in [0.5, 0.6) is 0 Å². The maximum absolute atomic E-state index is 13.1. The average Bonchev–Trinajstić information content (AvgIpc) is 3.83. The van der Waals surface area contributed by atoms with Crippen molar-refractivity contribution in [1.82, 2.24) is 15.0 Å². The molecule has 246 valence electrons. The standard InChI is InChI=1S/C38H37N3O7/c42-35(16-13-24-20-39-30-10-4-1-7-27(24)30)46-33-19-38(48-37(44)18-15-26-22-41-32-12-6-3-9-29(26)32)45-23-34(33)47-36(43)17-14-25-21-40-31-11-5-2-8-28(25)31/h1-12,20-22,33-34,38-41H,13-19,23H2/t33-,34+,38+/m1/s1. The van der Waals surface area contributed by atoms with Crippen molar-refractivity contribution in [2.75, 3.05) is 6.61 Å². The van der Waals surface area contributed by atoms with Gasteiger partial charge in [-0.15, -0.1) is 0 Å². The van der Waals surface area contributed by atoms with Gasteiger partial charge in [-0.2, -0.15) is 0 Å². The fourth-order valence-electron chi connectivity index (χ4n) is 6.42. The lowest BCUT2D eigenvalue weighted by Gasteiger charge is -2.34. The second-order valence-electron chi connectivity index (χ2n) is 12.1. The molecule has 0 amide bonds. The summed E-state index contributed by atoms with van der Waals surface area (Å²) in [6.07, 6.45) is 5.05. The molecule has 48 heavy (non-hydrogen) atoms. The second kappa shape index (κ2) is 14.2. The van der Waals surface area contributed by atoms with Crippen LogP contribution in [-0.4, -0.2) is 58.0 Å². The lowest BCUT2D eigenvalue weighted by Crippen LogP contribution is -2.47. The molecular formula is C38H37N3O7. The molecule has 0 saturated carbocycles. The number of ether oxygens (including phenoxy) is 4. The van der Waals surface area contributed by atoms with Crippen molar-refractivity contribution >= 4 is 50.6 Å². The number of aromatic nitrogens is 3. The maximum Gasteiger partial charge on any atom is 0.308 e. The van der Waals surface area contributed by atoms with Crippen LogP contribution < -0.4 is 0 Å². The SMILES string of the molecule is O=C(CCc1c[nH]c2ccccc12)O[C@H]1C[C@@H](OC(=O)CCc2c[nH]c3ccccc23)[C@@H](OC(=O)CCc2c[nH]c3ccccc23)CO1. The molecule has 0 bridgehead atoms. The third-order valence-electron chi connectivity index (χ3n) is 8.93. The maximum atomic E-state index is 13.1. The molecule has 1 aliphatic rings. The number of hydrogen-bond acceptors (Lipinski definition) is 7. The zero-order chi connectivity index (χ0) is 32.9. The van der Waals surface area contributed by atoms with Gasteiger partial charge < -0.3 is 33.9 Å². The summed E-state index contributed by atoms with van der Waals surface area (Å²) in [5, 5.41) is 3.17. The summed E-state index contributed by atoms with van der Waals surface area (Å²) < 4.78 is 23.2. The minimum absolute atomic E-state index is 0.0536. The molecule has 0 spiro atoms. The molecule has 3 aromatic heterocycles. The van der Waals surface area contributed by atoms with Gasteiger partial charge in [-0.3, -0.25) is 14.4 Å². The first-order valence-electron chi connectivity index (χ1n) is 16.3. The quantitative estimate of drug-likeness (QED) is 0.103. The van der Waals surface area contributed by atoms with E-state index >= 15 is 0 Å². The van der Waals surface area contributed by atoms with Crippen molar-refractivity contribution in [3.63, 3.8) is 0 Å². The lowest BCUT2D eigenvalue weighted by molar-refractivity contribution is -0.230. The van der Waals surface area contributed by atoms with Crippen molar-refractivity contribution in [2.24, 2.45) is 0 Å². The Morgan fingerprint density at radius 3 is 1.42 bits per heavy atom. The Morgan fingerprint density at radius 2 is 0.958 bits per heavy atom. The summed E-state index contributed by atoms with van der Waals surface area (Å²) in [5.74, 6) is -1.29. The van der Waals surface area contributed by atoms with Crippen molar-refractivity contribution < 1.29 is 33.3 Å². The number of benzene rings is 3. The van der Waals surface area contributed by atoms with E-state index in [9.17, 15) is 14.4 Å². The number of H-pyrrole nitrogens is 3. The van der Waals surface area contributed by atoms with E-state index in [0.29, 0.717) is 19.3 Å². The molecule has 3 aromatic carbocycles. The van der Waals surface area contributed by atoms with Gasteiger partial charge in [0.1, 0.15) is 6.10 Å². The van der Waals surface area contributed by atoms with Gasteiger partial charge in [0.15, 0.2) is 6.10 Å². The second-order valence-corrected chi connectivity index (χ2v) is 12.1. The predicted octanol–water partition coefficient (Wildman–Crippen LogP) is 6.44. The molecule has 3 N–H and O–H groups in total. The molecule has 10 nitrogen and oxygen atoms in total. The zero-order valence-electron chi connectivity index (χ0n) is 26.4. The molecule has 3 atom stereocenters. The number of nitrogens with one attached hydrogen (secondary N) is 3. The number of esters is 3. The van der Waals surface area contributed by atoms with Gasteiger partial charge in [0.25, 0.3) is 0 Å². The number of aryl methyl sites for hydroxylation is 3. The van der Waals surface area contributed by atoms with Gasteiger partial charge in [-0.05, 0) is 54.2 Å². The van der Waals surface area contributed by atoms with Gasteiger partial charge in [-0.1, -0.05) is 54.6 Å². The Hall–Kier alpha value is -5.35. The highest BCUT2D eigenvalue weighted by Crippen LogP contribution is 2.26. The minimum atomic E-state index is -0.937. The van der Waals surface area contributed by atoms with Crippen LogP contribution >= 0.6 is 0 Å². The van der Waals surface area contributed by atoms with Crippen molar-refractivity contribution in [3.8, 4) is 0 Å². The van der Waals surface area contributed by atoms with Crippen molar-refractivity contribution in [3.05, 3.63) is 108 Å². The number of fused-ring (bicyclic) bond motifs is 3. The average molecular weight is 648 g/mol. The van der Waals surface area contributed by atoms with Crippen LogP contribution in [0.1, 0.15) is 42.4 Å². The van der Waals surface area contributed by atoms with Gasteiger partial charge >= 0.3 is 17.9 Å². The Bertz CT molecular complexity index is 2060. The molecule has 10 heteroatoms. The van der Waals surface area contributed by atoms with Crippen molar-refractivity contribution in [2.45, 2.75) is 63.4 Å². The van der Waals surface area contributed by atoms with Gasteiger partial charge in [0.2, 0.25) is 6.29 Å². The molecule has 1 aliphatic heterocycles. The number of carbonyl (C=O) groups is 3. The highest BCUT2D eigenvalue weighted by Gasteiger charge is 2.38. The van der Waals surface area contributed by atoms with E-state index in [-0.39, 0.29) is 32.3 Å². The van der Waals surface area contributed by atoms with Gasteiger partial charge in [-0.25, -0.2) is 0 Å². The molecule has 7 rings (SSSR count). The fourth-order valence-corrected chi connectivity index (χ4v) is 6.42. The molecule has 6 aromatic rings. The Morgan fingerprint density at radius 1 is 0.562 bits per heavy atom. The van der Waals surface area contributed by atoms with Crippen LogP contribution in [0.2, 0.25) is 0 Å².